The number of hydrogen-bond donors (Lipinski definition) is 0. The summed E-state index contributed by atoms with van der Waals surface area (Å²) in [4.78, 5) is 7.42. The van der Waals surface area contributed by atoms with E-state index in [9.17, 15) is 0 Å². The first kappa shape index (κ1) is 31.1. The molecule has 0 saturated carbocycles. The maximum absolute atomic E-state index is 6.59. The lowest BCUT2D eigenvalue weighted by molar-refractivity contribution is 0.621. The predicted molar refractivity (Wildman–Crippen MR) is 220 cm³/mol. The maximum atomic E-state index is 6.59. The highest BCUT2D eigenvalue weighted by molar-refractivity contribution is 6.10. The van der Waals surface area contributed by atoms with E-state index in [0.717, 1.165) is 55.6 Å². The Morgan fingerprint density at radius 3 is 1.91 bits per heavy atom. The summed E-state index contributed by atoms with van der Waals surface area (Å²) in [6.45, 7) is 4.68. The van der Waals surface area contributed by atoms with E-state index in [1.807, 2.05) is 30.3 Å². The lowest BCUT2D eigenvalue weighted by Crippen LogP contribution is -2.16. The van der Waals surface area contributed by atoms with E-state index in [4.69, 9.17) is 9.40 Å². The summed E-state index contributed by atoms with van der Waals surface area (Å²) in [6.07, 6.45) is 0. The monoisotopic (exact) mass is 680 g/mol. The number of anilines is 3. The van der Waals surface area contributed by atoms with Crippen LogP contribution in [0, 0.1) is 0 Å². The molecule has 9 aromatic rings. The molecular formula is C50H36N2O. The first-order chi connectivity index (χ1) is 26.0. The lowest BCUT2D eigenvalue weighted by Gasteiger charge is -2.28. The standard InChI is InChI=1S/C50H36N2O/c1-50(2)45-23-12-11-22-42(45)43-29-28-40(32-46(43)50)52(39-20-13-19-36(30-39)33-14-5-3-6-15-33)38-26-24-34(25-27-38)44-31-37-18-9-10-21-41(37)47-48(44)53-49(51-47)35-16-7-4-8-17-35/h3-32H,1-2H3. The van der Waals surface area contributed by atoms with E-state index in [0.29, 0.717) is 5.89 Å². The second-order valence-electron chi connectivity index (χ2n) is 14.4. The Bertz CT molecular complexity index is 2800. The first-order valence-corrected chi connectivity index (χ1v) is 18.2. The molecule has 8 aromatic carbocycles. The van der Waals surface area contributed by atoms with Crippen LogP contribution < -0.4 is 4.90 Å². The molecule has 0 saturated heterocycles. The van der Waals surface area contributed by atoms with Crippen molar-refractivity contribution in [3.63, 3.8) is 0 Å². The summed E-state index contributed by atoms with van der Waals surface area (Å²) in [5, 5.41) is 2.22. The van der Waals surface area contributed by atoms with E-state index in [1.54, 1.807) is 0 Å². The molecule has 0 spiro atoms. The molecule has 0 atom stereocenters. The molecule has 1 heterocycles. The van der Waals surface area contributed by atoms with Crippen molar-refractivity contribution in [1.29, 1.82) is 0 Å². The molecule has 0 unspecified atom stereocenters. The van der Waals surface area contributed by atoms with Crippen molar-refractivity contribution in [3.05, 3.63) is 193 Å². The first-order valence-electron chi connectivity index (χ1n) is 18.2. The number of hydrogen-bond acceptors (Lipinski definition) is 3. The number of rotatable bonds is 6. The molecule has 1 aliphatic rings. The second-order valence-corrected chi connectivity index (χ2v) is 14.4. The molecule has 3 nitrogen and oxygen atoms in total. The Morgan fingerprint density at radius 1 is 0.453 bits per heavy atom. The Hall–Kier alpha value is -6.71. The molecule has 0 N–H and O–H groups in total. The minimum absolute atomic E-state index is 0.111. The molecule has 0 fully saturated rings. The number of benzene rings is 8. The van der Waals surface area contributed by atoms with Gasteiger partial charge in [-0.15, -0.1) is 0 Å². The van der Waals surface area contributed by atoms with Crippen molar-refractivity contribution in [2.24, 2.45) is 0 Å². The third-order valence-corrected chi connectivity index (χ3v) is 10.9. The fourth-order valence-corrected chi connectivity index (χ4v) is 8.19. The largest absolute Gasteiger partial charge is 0.435 e. The van der Waals surface area contributed by atoms with Crippen molar-refractivity contribution in [3.8, 4) is 44.8 Å². The van der Waals surface area contributed by atoms with Gasteiger partial charge in [0.05, 0.1) is 0 Å². The van der Waals surface area contributed by atoms with Crippen molar-refractivity contribution in [1.82, 2.24) is 4.98 Å². The van der Waals surface area contributed by atoms with Gasteiger partial charge in [0.15, 0.2) is 5.58 Å². The summed E-state index contributed by atoms with van der Waals surface area (Å²) < 4.78 is 6.59. The van der Waals surface area contributed by atoms with Gasteiger partial charge in [-0.1, -0.05) is 141 Å². The normalized spacial score (nSPS) is 12.9. The van der Waals surface area contributed by atoms with Crippen LogP contribution in [0.2, 0.25) is 0 Å². The van der Waals surface area contributed by atoms with Gasteiger partial charge >= 0.3 is 0 Å². The van der Waals surface area contributed by atoms with Gasteiger partial charge in [0.1, 0.15) is 5.52 Å². The lowest BCUT2D eigenvalue weighted by atomic mass is 9.82. The highest BCUT2D eigenvalue weighted by Crippen LogP contribution is 2.51. The Morgan fingerprint density at radius 2 is 1.09 bits per heavy atom. The van der Waals surface area contributed by atoms with Gasteiger partial charge < -0.3 is 9.32 Å². The van der Waals surface area contributed by atoms with Gasteiger partial charge in [0, 0.05) is 39.0 Å². The molecule has 53 heavy (non-hydrogen) atoms. The van der Waals surface area contributed by atoms with Gasteiger partial charge in [0.25, 0.3) is 0 Å². The molecule has 10 rings (SSSR count). The summed E-state index contributed by atoms with van der Waals surface area (Å²) >= 11 is 0. The van der Waals surface area contributed by atoms with Crippen molar-refractivity contribution in [2.75, 3.05) is 4.90 Å². The Labute approximate surface area is 309 Å². The molecule has 252 valence electrons. The van der Waals surface area contributed by atoms with E-state index in [1.165, 1.54) is 33.4 Å². The van der Waals surface area contributed by atoms with E-state index in [2.05, 4.69) is 170 Å². The van der Waals surface area contributed by atoms with Crippen LogP contribution in [0.4, 0.5) is 17.1 Å². The number of oxazole rings is 1. The van der Waals surface area contributed by atoms with E-state index < -0.39 is 0 Å². The molecule has 1 aromatic heterocycles. The topological polar surface area (TPSA) is 29.3 Å². The van der Waals surface area contributed by atoms with Crippen LogP contribution in [0.3, 0.4) is 0 Å². The van der Waals surface area contributed by atoms with Crippen LogP contribution in [-0.2, 0) is 5.41 Å². The van der Waals surface area contributed by atoms with Crippen molar-refractivity contribution in [2.45, 2.75) is 19.3 Å². The highest BCUT2D eigenvalue weighted by atomic mass is 16.3. The smallest absolute Gasteiger partial charge is 0.227 e. The van der Waals surface area contributed by atoms with Crippen LogP contribution in [-0.4, -0.2) is 4.98 Å². The minimum Gasteiger partial charge on any atom is -0.435 e. The molecule has 3 heteroatoms. The average molecular weight is 681 g/mol. The van der Waals surface area contributed by atoms with Crippen LogP contribution >= 0.6 is 0 Å². The zero-order valence-corrected chi connectivity index (χ0v) is 29.6. The SMILES string of the molecule is CC1(C)c2ccccc2-c2ccc(N(c3ccc(-c4cc5ccccc5c5nc(-c6ccccc6)oc45)cc3)c3cccc(-c4ccccc4)c3)cc21. The van der Waals surface area contributed by atoms with Crippen molar-refractivity contribution < 1.29 is 4.42 Å². The quantitative estimate of drug-likeness (QED) is 0.175. The number of aromatic nitrogens is 1. The fourth-order valence-electron chi connectivity index (χ4n) is 8.19. The minimum atomic E-state index is -0.111. The van der Waals surface area contributed by atoms with E-state index in [-0.39, 0.29) is 5.41 Å². The Balaban J connectivity index is 1.12. The molecule has 0 bridgehead atoms. The molecule has 0 aliphatic heterocycles. The molecule has 1 aliphatic carbocycles. The molecule has 0 amide bonds. The van der Waals surface area contributed by atoms with Gasteiger partial charge in [0.2, 0.25) is 5.89 Å². The van der Waals surface area contributed by atoms with Crippen LogP contribution in [0.1, 0.15) is 25.0 Å². The van der Waals surface area contributed by atoms with Crippen LogP contribution in [0.25, 0.3) is 66.7 Å². The summed E-state index contributed by atoms with van der Waals surface area (Å²) in [6, 6.07) is 64.9. The maximum Gasteiger partial charge on any atom is 0.227 e. The van der Waals surface area contributed by atoms with Crippen molar-refractivity contribution >= 4 is 38.9 Å². The zero-order chi connectivity index (χ0) is 35.5. The zero-order valence-electron chi connectivity index (χ0n) is 29.6. The van der Waals surface area contributed by atoms with Crippen LogP contribution in [0.5, 0.6) is 0 Å². The fraction of sp³-hybridized carbons (Fsp3) is 0.0600. The highest BCUT2D eigenvalue weighted by Gasteiger charge is 2.35. The summed E-state index contributed by atoms with van der Waals surface area (Å²) in [5.74, 6) is 0.626. The van der Waals surface area contributed by atoms with Crippen LogP contribution in [0.15, 0.2) is 186 Å². The third-order valence-electron chi connectivity index (χ3n) is 10.9. The number of fused-ring (bicyclic) bond motifs is 6. The molecular weight excluding hydrogens is 645 g/mol. The van der Waals surface area contributed by atoms with Gasteiger partial charge in [-0.2, -0.15) is 0 Å². The Kier molecular flexibility index (Phi) is 7.16. The molecule has 0 radical (unpaired) electrons. The van der Waals surface area contributed by atoms with Gasteiger partial charge in [-0.05, 0) is 98.9 Å². The third kappa shape index (κ3) is 5.16. The average Bonchev–Trinajstić information content (AvgIpc) is 3.77. The van der Waals surface area contributed by atoms with E-state index >= 15 is 0 Å². The second kappa shape index (κ2) is 12.2. The van der Waals surface area contributed by atoms with Gasteiger partial charge in [-0.3, -0.25) is 0 Å². The van der Waals surface area contributed by atoms with Gasteiger partial charge in [-0.25, -0.2) is 4.98 Å². The summed E-state index contributed by atoms with van der Waals surface area (Å²) in [5.41, 5.74) is 15.6. The number of nitrogens with zero attached hydrogens (tertiary/aromatic N) is 2. The predicted octanol–water partition coefficient (Wildman–Crippen LogP) is 13.8. The summed E-state index contributed by atoms with van der Waals surface area (Å²) in [7, 11) is 0.